The fourth-order valence-electron chi connectivity index (χ4n) is 2.73. The van der Waals surface area contributed by atoms with Gasteiger partial charge in [-0.3, -0.25) is 4.90 Å². The first kappa shape index (κ1) is 19.5. The highest BCUT2D eigenvalue weighted by Crippen LogP contribution is 2.16. The molecule has 0 radical (unpaired) electrons. The fourth-order valence-corrected chi connectivity index (χ4v) is 2.73. The molecule has 0 aliphatic heterocycles. The van der Waals surface area contributed by atoms with Gasteiger partial charge in [-0.25, -0.2) is 4.79 Å². The Kier molecular flexibility index (Phi) is 8.06. The van der Waals surface area contributed by atoms with E-state index < -0.39 is 6.10 Å². The van der Waals surface area contributed by atoms with Gasteiger partial charge in [0.25, 0.3) is 0 Å². The van der Waals surface area contributed by atoms with Gasteiger partial charge in [0.15, 0.2) is 0 Å². The van der Waals surface area contributed by atoms with Gasteiger partial charge in [-0.05, 0) is 45.7 Å². The quantitative estimate of drug-likeness (QED) is 0.689. The minimum Gasteiger partial charge on any atom is -0.387 e. The summed E-state index contributed by atoms with van der Waals surface area (Å²) in [4.78, 5) is 14.2. The molecule has 3 N–H and O–H groups in total. The Hall–Kier alpha value is -1.59. The third kappa shape index (κ3) is 6.59. The molecule has 0 aromatic heterocycles. The predicted octanol–water partition coefficient (Wildman–Crippen LogP) is 2.45. The van der Waals surface area contributed by atoms with Gasteiger partial charge >= 0.3 is 6.03 Å². The molecular formula is C18H31N3O2. The SMILES string of the molecule is Cc1ccccc1C(O)CNC(=O)NCCN(C(C)C)C(C)C. The van der Waals surface area contributed by atoms with Crippen LogP contribution in [-0.4, -0.2) is 47.8 Å². The van der Waals surface area contributed by atoms with Gasteiger partial charge in [0.05, 0.1) is 6.10 Å². The molecule has 5 nitrogen and oxygen atoms in total. The van der Waals surface area contributed by atoms with Crippen molar-refractivity contribution in [2.45, 2.75) is 52.8 Å². The number of nitrogens with zero attached hydrogens (tertiary/aromatic N) is 1. The van der Waals surface area contributed by atoms with Gasteiger partial charge in [-0.1, -0.05) is 24.3 Å². The molecule has 0 bridgehead atoms. The van der Waals surface area contributed by atoms with Gasteiger partial charge in [-0.15, -0.1) is 0 Å². The third-order valence-electron chi connectivity index (χ3n) is 3.99. The van der Waals surface area contributed by atoms with Crippen LogP contribution in [0.2, 0.25) is 0 Å². The molecule has 1 unspecified atom stereocenters. The fraction of sp³-hybridized carbons (Fsp3) is 0.611. The average Bonchev–Trinajstić information content (AvgIpc) is 2.48. The summed E-state index contributed by atoms with van der Waals surface area (Å²) >= 11 is 0. The van der Waals surface area contributed by atoms with E-state index in [2.05, 4.69) is 43.2 Å². The van der Waals surface area contributed by atoms with Crippen LogP contribution < -0.4 is 10.6 Å². The van der Waals surface area contributed by atoms with Crippen molar-refractivity contribution in [2.75, 3.05) is 19.6 Å². The van der Waals surface area contributed by atoms with E-state index in [1.807, 2.05) is 31.2 Å². The molecule has 5 heteroatoms. The van der Waals surface area contributed by atoms with E-state index >= 15 is 0 Å². The van der Waals surface area contributed by atoms with Gasteiger partial charge in [0.2, 0.25) is 0 Å². The Labute approximate surface area is 140 Å². The number of carbonyl (C=O) groups is 1. The average molecular weight is 321 g/mol. The van der Waals surface area contributed by atoms with Crippen molar-refractivity contribution in [3.8, 4) is 0 Å². The molecule has 1 atom stereocenters. The standard InChI is InChI=1S/C18H31N3O2/c1-13(2)21(14(3)4)11-10-19-18(23)20-12-17(22)16-9-7-6-8-15(16)5/h6-9,13-14,17,22H,10-12H2,1-5H3,(H2,19,20,23). The maximum absolute atomic E-state index is 11.8. The summed E-state index contributed by atoms with van der Waals surface area (Å²) in [6.07, 6.45) is -0.690. The van der Waals surface area contributed by atoms with Crippen molar-refractivity contribution in [2.24, 2.45) is 0 Å². The second kappa shape index (κ2) is 9.53. The summed E-state index contributed by atoms with van der Waals surface area (Å²) in [6, 6.07) is 8.29. The Morgan fingerprint density at radius 2 is 1.74 bits per heavy atom. The molecule has 0 aliphatic carbocycles. The van der Waals surface area contributed by atoms with Crippen molar-refractivity contribution in [3.63, 3.8) is 0 Å². The van der Waals surface area contributed by atoms with E-state index in [1.165, 1.54) is 0 Å². The molecule has 0 spiro atoms. The summed E-state index contributed by atoms with van der Waals surface area (Å²) in [7, 11) is 0. The molecule has 1 aromatic carbocycles. The van der Waals surface area contributed by atoms with Crippen LogP contribution in [0.15, 0.2) is 24.3 Å². The van der Waals surface area contributed by atoms with Crippen LogP contribution in [0.25, 0.3) is 0 Å². The smallest absolute Gasteiger partial charge is 0.314 e. The normalized spacial score (nSPS) is 12.7. The number of amides is 2. The van der Waals surface area contributed by atoms with Crippen LogP contribution in [0.4, 0.5) is 4.79 Å². The van der Waals surface area contributed by atoms with Crippen molar-refractivity contribution in [1.82, 2.24) is 15.5 Å². The van der Waals surface area contributed by atoms with Gasteiger partial charge in [0.1, 0.15) is 0 Å². The Morgan fingerprint density at radius 1 is 1.13 bits per heavy atom. The lowest BCUT2D eigenvalue weighted by molar-refractivity contribution is 0.167. The van der Waals surface area contributed by atoms with Crippen LogP contribution in [-0.2, 0) is 0 Å². The molecule has 1 aromatic rings. The Balaban J connectivity index is 2.33. The minimum atomic E-state index is -0.690. The molecule has 0 saturated heterocycles. The first-order chi connectivity index (χ1) is 10.8. The second-order valence-electron chi connectivity index (χ2n) is 6.43. The monoisotopic (exact) mass is 321 g/mol. The molecule has 1 rings (SSSR count). The van der Waals surface area contributed by atoms with E-state index in [0.29, 0.717) is 18.6 Å². The molecule has 0 saturated carbocycles. The highest BCUT2D eigenvalue weighted by atomic mass is 16.3. The Morgan fingerprint density at radius 3 is 2.30 bits per heavy atom. The zero-order chi connectivity index (χ0) is 17.4. The van der Waals surface area contributed by atoms with Gasteiger partial charge in [0, 0.05) is 31.7 Å². The number of rotatable bonds is 8. The number of nitrogens with one attached hydrogen (secondary N) is 2. The molecule has 0 heterocycles. The summed E-state index contributed by atoms with van der Waals surface area (Å²) in [5.41, 5.74) is 1.87. The molecule has 0 aliphatic rings. The Bertz CT molecular complexity index is 481. The highest BCUT2D eigenvalue weighted by molar-refractivity contribution is 5.73. The van der Waals surface area contributed by atoms with E-state index in [4.69, 9.17) is 0 Å². The van der Waals surface area contributed by atoms with Gasteiger partial charge in [-0.2, -0.15) is 0 Å². The van der Waals surface area contributed by atoms with E-state index in [0.717, 1.165) is 17.7 Å². The van der Waals surface area contributed by atoms with Crippen molar-refractivity contribution >= 4 is 6.03 Å². The van der Waals surface area contributed by atoms with E-state index in [-0.39, 0.29) is 12.6 Å². The first-order valence-electron chi connectivity index (χ1n) is 8.34. The van der Waals surface area contributed by atoms with Crippen molar-refractivity contribution < 1.29 is 9.90 Å². The number of hydrogen-bond donors (Lipinski definition) is 3. The van der Waals surface area contributed by atoms with Crippen molar-refractivity contribution in [3.05, 3.63) is 35.4 Å². The molecule has 23 heavy (non-hydrogen) atoms. The second-order valence-corrected chi connectivity index (χ2v) is 6.43. The van der Waals surface area contributed by atoms with E-state index in [9.17, 15) is 9.90 Å². The first-order valence-corrected chi connectivity index (χ1v) is 8.34. The van der Waals surface area contributed by atoms with Crippen LogP contribution in [0.3, 0.4) is 0 Å². The lowest BCUT2D eigenvalue weighted by atomic mass is 10.0. The summed E-state index contributed by atoms with van der Waals surface area (Å²) in [5.74, 6) is 0. The van der Waals surface area contributed by atoms with Crippen LogP contribution in [0, 0.1) is 6.92 Å². The number of aliphatic hydroxyl groups excluding tert-OH is 1. The summed E-state index contributed by atoms with van der Waals surface area (Å²) in [5, 5.41) is 15.7. The number of aryl methyl sites for hydroxylation is 1. The van der Waals surface area contributed by atoms with Crippen LogP contribution >= 0.6 is 0 Å². The maximum Gasteiger partial charge on any atom is 0.314 e. The number of benzene rings is 1. The minimum absolute atomic E-state index is 0.203. The van der Waals surface area contributed by atoms with E-state index in [1.54, 1.807) is 0 Å². The molecule has 2 amide bonds. The number of aliphatic hydroxyl groups is 1. The van der Waals surface area contributed by atoms with Crippen LogP contribution in [0.1, 0.15) is 44.9 Å². The largest absolute Gasteiger partial charge is 0.387 e. The zero-order valence-electron chi connectivity index (χ0n) is 15.0. The predicted molar refractivity (Wildman–Crippen MR) is 94.5 cm³/mol. The molecule has 0 fully saturated rings. The van der Waals surface area contributed by atoms with Crippen LogP contribution in [0.5, 0.6) is 0 Å². The molecular weight excluding hydrogens is 290 g/mol. The topological polar surface area (TPSA) is 64.6 Å². The molecule has 130 valence electrons. The summed E-state index contributed by atoms with van der Waals surface area (Å²) in [6.45, 7) is 12.2. The zero-order valence-corrected chi connectivity index (χ0v) is 15.0. The lowest BCUT2D eigenvalue weighted by Crippen LogP contribution is -2.45. The van der Waals surface area contributed by atoms with Gasteiger partial charge < -0.3 is 15.7 Å². The highest BCUT2D eigenvalue weighted by Gasteiger charge is 2.14. The number of carbonyl (C=O) groups excluding carboxylic acids is 1. The third-order valence-corrected chi connectivity index (χ3v) is 3.99. The van der Waals surface area contributed by atoms with Crippen molar-refractivity contribution in [1.29, 1.82) is 0 Å². The number of urea groups is 1. The number of hydrogen-bond acceptors (Lipinski definition) is 3. The summed E-state index contributed by atoms with van der Waals surface area (Å²) < 4.78 is 0. The lowest BCUT2D eigenvalue weighted by Gasteiger charge is -2.30. The maximum atomic E-state index is 11.8.